The fraction of sp³-hybridized carbons (Fsp3) is 0.467. The molecule has 0 fully saturated rings. The molecule has 0 radical (unpaired) electrons. The van der Waals surface area contributed by atoms with E-state index in [0.717, 1.165) is 62.1 Å². The molecule has 2 rings (SSSR count). The maximum absolute atomic E-state index is 11.6. The third kappa shape index (κ3) is 20.6. The Hall–Kier alpha value is -3.32. The predicted octanol–water partition coefficient (Wildman–Crippen LogP) is 6.08. The summed E-state index contributed by atoms with van der Waals surface area (Å²) in [6.45, 7) is 12.2. The summed E-state index contributed by atoms with van der Waals surface area (Å²) in [5.74, 6) is 0.836. The van der Waals surface area contributed by atoms with Gasteiger partial charge in [-0.3, -0.25) is 4.79 Å². The van der Waals surface area contributed by atoms with E-state index in [-0.39, 0.29) is 6.09 Å². The molecular formula is C30H47N3O4. The van der Waals surface area contributed by atoms with Crippen LogP contribution in [0.15, 0.2) is 60.7 Å². The highest BCUT2D eigenvalue weighted by molar-refractivity contribution is 5.67. The Kier molecular flexibility index (Phi) is 20.0. The number of benzene rings is 2. The van der Waals surface area contributed by atoms with E-state index in [1.165, 1.54) is 0 Å². The number of carbonyl (C=O) groups excluding carboxylic acids is 2. The van der Waals surface area contributed by atoms with Crippen LogP contribution in [0, 0.1) is 0 Å². The fourth-order valence-corrected chi connectivity index (χ4v) is 2.85. The average Bonchev–Trinajstić information content (AvgIpc) is 2.89. The van der Waals surface area contributed by atoms with Gasteiger partial charge in [0.25, 0.3) is 0 Å². The number of ether oxygens (including phenoxy) is 2. The summed E-state index contributed by atoms with van der Waals surface area (Å²) in [4.78, 5) is 21.3. The van der Waals surface area contributed by atoms with Crippen LogP contribution >= 0.6 is 0 Å². The normalized spacial score (nSPS) is 10.3. The first kappa shape index (κ1) is 33.7. The number of hydrogen-bond acceptors (Lipinski definition) is 5. The lowest BCUT2D eigenvalue weighted by molar-refractivity contribution is -0.109. The Bertz CT molecular complexity index is 865. The van der Waals surface area contributed by atoms with E-state index in [9.17, 15) is 9.59 Å². The number of carbonyl (C=O) groups is 2. The minimum Gasteiger partial charge on any atom is -0.489 e. The summed E-state index contributed by atoms with van der Waals surface area (Å²) in [6.07, 6.45) is 8.31. The Morgan fingerprint density at radius 1 is 0.973 bits per heavy atom. The molecule has 0 saturated heterocycles. The van der Waals surface area contributed by atoms with Crippen LogP contribution in [-0.4, -0.2) is 37.7 Å². The van der Waals surface area contributed by atoms with Gasteiger partial charge in [-0.15, -0.1) is 0 Å². The molecule has 0 spiro atoms. The van der Waals surface area contributed by atoms with Gasteiger partial charge in [-0.25, -0.2) is 4.79 Å². The molecule has 2 amide bonds. The van der Waals surface area contributed by atoms with E-state index >= 15 is 0 Å². The van der Waals surface area contributed by atoms with Gasteiger partial charge in [-0.1, -0.05) is 74.9 Å². The number of amides is 2. The number of nitrogens with two attached hydrogens (primary N) is 1. The van der Waals surface area contributed by atoms with E-state index in [0.29, 0.717) is 13.2 Å². The van der Waals surface area contributed by atoms with Crippen molar-refractivity contribution < 1.29 is 19.1 Å². The number of hydrogen-bond donors (Lipinski definition) is 3. The second-order valence-electron chi connectivity index (χ2n) is 8.89. The van der Waals surface area contributed by atoms with Gasteiger partial charge < -0.3 is 25.8 Å². The lowest BCUT2D eigenvalue weighted by atomic mass is 10.2. The van der Waals surface area contributed by atoms with E-state index < -0.39 is 5.60 Å². The predicted molar refractivity (Wildman–Crippen MR) is 153 cm³/mol. The quantitative estimate of drug-likeness (QED) is 0.222. The van der Waals surface area contributed by atoms with Crippen LogP contribution in [0.2, 0.25) is 0 Å². The Morgan fingerprint density at radius 2 is 1.70 bits per heavy atom. The molecule has 206 valence electrons. The average molecular weight is 514 g/mol. The van der Waals surface area contributed by atoms with Crippen LogP contribution in [-0.2, 0) is 16.1 Å². The molecule has 0 aliphatic carbocycles. The van der Waals surface area contributed by atoms with Gasteiger partial charge in [0.15, 0.2) is 0 Å². The third-order valence-corrected chi connectivity index (χ3v) is 4.50. The topological polar surface area (TPSA) is 103 Å². The third-order valence-electron chi connectivity index (χ3n) is 4.50. The van der Waals surface area contributed by atoms with Crippen molar-refractivity contribution in [3.8, 4) is 5.75 Å². The highest BCUT2D eigenvalue weighted by Crippen LogP contribution is 2.16. The van der Waals surface area contributed by atoms with Gasteiger partial charge in [-0.2, -0.15) is 0 Å². The Labute approximate surface area is 223 Å². The van der Waals surface area contributed by atoms with Gasteiger partial charge in [0.1, 0.15) is 18.0 Å². The van der Waals surface area contributed by atoms with E-state index in [1.54, 1.807) is 0 Å². The van der Waals surface area contributed by atoms with Crippen LogP contribution in [0.5, 0.6) is 5.75 Å². The summed E-state index contributed by atoms with van der Waals surface area (Å²) in [5, 5.41) is 5.32. The summed E-state index contributed by atoms with van der Waals surface area (Å²) in [7, 11) is 0. The van der Waals surface area contributed by atoms with Crippen LogP contribution in [0.1, 0.15) is 71.4 Å². The second-order valence-corrected chi connectivity index (χ2v) is 8.89. The maximum atomic E-state index is 11.6. The molecule has 2 aromatic rings. The summed E-state index contributed by atoms with van der Waals surface area (Å²) in [6, 6.07) is 18.0. The first-order valence-electron chi connectivity index (χ1n) is 13.1. The van der Waals surface area contributed by atoms with Crippen LogP contribution < -0.4 is 21.1 Å². The van der Waals surface area contributed by atoms with Crippen LogP contribution in [0.4, 0.5) is 4.79 Å². The molecule has 0 bridgehead atoms. The highest BCUT2D eigenvalue weighted by atomic mass is 16.6. The van der Waals surface area contributed by atoms with Crippen molar-refractivity contribution in [2.45, 2.75) is 72.5 Å². The molecule has 0 atom stereocenters. The molecule has 7 nitrogen and oxygen atoms in total. The zero-order valence-corrected chi connectivity index (χ0v) is 23.3. The molecule has 4 N–H and O–H groups in total. The smallest absolute Gasteiger partial charge is 0.407 e. The summed E-state index contributed by atoms with van der Waals surface area (Å²) < 4.78 is 11.0. The first-order chi connectivity index (χ1) is 17.8. The molecule has 7 heteroatoms. The van der Waals surface area contributed by atoms with Crippen LogP contribution in [0.25, 0.3) is 6.08 Å². The lowest BCUT2D eigenvalue weighted by Gasteiger charge is -2.19. The molecule has 37 heavy (non-hydrogen) atoms. The summed E-state index contributed by atoms with van der Waals surface area (Å²) in [5.41, 5.74) is 6.98. The Balaban J connectivity index is 0.000000997. The Morgan fingerprint density at radius 3 is 2.35 bits per heavy atom. The van der Waals surface area contributed by atoms with E-state index in [1.807, 2.05) is 101 Å². The van der Waals surface area contributed by atoms with Crippen molar-refractivity contribution in [2.75, 3.05) is 19.6 Å². The van der Waals surface area contributed by atoms with Gasteiger partial charge in [0.05, 0.1) is 0 Å². The fourth-order valence-electron chi connectivity index (χ4n) is 2.85. The molecule has 0 aliphatic heterocycles. The minimum atomic E-state index is -0.472. The number of rotatable bonds is 13. The lowest BCUT2D eigenvalue weighted by Crippen LogP contribution is -2.32. The van der Waals surface area contributed by atoms with Gasteiger partial charge >= 0.3 is 6.09 Å². The molecular weight excluding hydrogens is 466 g/mol. The summed E-state index contributed by atoms with van der Waals surface area (Å²) >= 11 is 0. The van der Waals surface area contributed by atoms with E-state index in [4.69, 9.17) is 15.2 Å². The monoisotopic (exact) mass is 513 g/mol. The maximum Gasteiger partial charge on any atom is 0.407 e. The number of alkyl carbamates (subject to hydrolysis) is 1. The molecule has 0 aliphatic rings. The SMILES string of the molecule is CC.CC(C)(C)OC(=O)NCC/C=C/c1cccc(OCc2ccccc2)c1.NCCCCCNC=O. The zero-order valence-electron chi connectivity index (χ0n) is 23.3. The highest BCUT2D eigenvalue weighted by Gasteiger charge is 2.15. The van der Waals surface area contributed by atoms with Crippen molar-refractivity contribution in [2.24, 2.45) is 5.73 Å². The van der Waals surface area contributed by atoms with Crippen molar-refractivity contribution in [3.05, 3.63) is 71.8 Å². The standard InChI is InChI=1S/C22H27NO3.C6H14N2O.C2H6/c1-22(2,3)26-21(24)23-15-8-7-10-18-13-9-14-20(16-18)25-17-19-11-5-4-6-12-19;7-4-2-1-3-5-8-6-9;1-2/h4-7,9-14,16H,8,15,17H2,1-3H3,(H,23,24);6H,1-5,7H2,(H,8,9);1-2H3/b10-7+;;. The van der Waals surface area contributed by atoms with Crippen LogP contribution in [0.3, 0.4) is 0 Å². The zero-order chi connectivity index (χ0) is 27.8. The largest absolute Gasteiger partial charge is 0.489 e. The second kappa shape index (κ2) is 21.9. The van der Waals surface area contributed by atoms with E-state index in [2.05, 4.69) is 10.6 Å². The molecule has 2 aromatic carbocycles. The number of nitrogens with one attached hydrogen (secondary N) is 2. The molecule has 0 aromatic heterocycles. The molecule has 0 saturated carbocycles. The number of unbranched alkanes of at least 4 members (excludes halogenated alkanes) is 2. The van der Waals surface area contributed by atoms with Gasteiger partial charge in [0.2, 0.25) is 6.41 Å². The molecule has 0 heterocycles. The van der Waals surface area contributed by atoms with Crippen molar-refractivity contribution >= 4 is 18.6 Å². The van der Waals surface area contributed by atoms with Crippen molar-refractivity contribution in [1.29, 1.82) is 0 Å². The minimum absolute atomic E-state index is 0.387. The van der Waals surface area contributed by atoms with Crippen molar-refractivity contribution in [3.63, 3.8) is 0 Å². The van der Waals surface area contributed by atoms with Gasteiger partial charge in [0, 0.05) is 13.1 Å². The first-order valence-corrected chi connectivity index (χ1v) is 13.1. The van der Waals surface area contributed by atoms with Crippen molar-refractivity contribution in [1.82, 2.24) is 10.6 Å². The molecule has 0 unspecified atom stereocenters. The van der Waals surface area contributed by atoms with Gasteiger partial charge in [-0.05, 0) is 69.8 Å².